The van der Waals surface area contributed by atoms with Crippen LogP contribution in [0.5, 0.6) is 0 Å². The van der Waals surface area contributed by atoms with E-state index in [0.717, 1.165) is 26.1 Å². The zero-order valence-corrected chi connectivity index (χ0v) is 12.6. The van der Waals surface area contributed by atoms with E-state index in [-0.39, 0.29) is 6.10 Å². The van der Waals surface area contributed by atoms with Crippen molar-refractivity contribution < 1.29 is 5.11 Å². The first kappa shape index (κ1) is 15.2. The van der Waals surface area contributed by atoms with Crippen LogP contribution in [0.2, 0.25) is 0 Å². The molecule has 0 aromatic carbocycles. The van der Waals surface area contributed by atoms with Crippen LogP contribution in [-0.4, -0.2) is 66.8 Å². The lowest BCUT2D eigenvalue weighted by atomic mass is 9.94. The highest BCUT2D eigenvalue weighted by Crippen LogP contribution is 2.26. The summed E-state index contributed by atoms with van der Waals surface area (Å²) in [6.07, 6.45) is 7.18. The van der Waals surface area contributed by atoms with Gasteiger partial charge >= 0.3 is 0 Å². The van der Waals surface area contributed by atoms with Crippen molar-refractivity contribution in [1.29, 1.82) is 0 Å². The molecule has 4 nitrogen and oxygen atoms in total. The number of likely N-dealkylation sites (tertiary alicyclic amines) is 1. The van der Waals surface area contributed by atoms with Crippen LogP contribution < -0.4 is 5.73 Å². The molecule has 0 aromatic heterocycles. The molecule has 3 N–H and O–H groups in total. The van der Waals surface area contributed by atoms with Crippen LogP contribution in [0.4, 0.5) is 0 Å². The lowest BCUT2D eigenvalue weighted by Gasteiger charge is -2.32. The monoisotopic (exact) mass is 269 g/mol. The number of nitrogens with two attached hydrogens (primary N) is 1. The van der Waals surface area contributed by atoms with Crippen molar-refractivity contribution >= 4 is 0 Å². The Labute approximate surface area is 117 Å². The summed E-state index contributed by atoms with van der Waals surface area (Å²) in [7, 11) is 4.22. The van der Waals surface area contributed by atoms with Gasteiger partial charge < -0.3 is 15.7 Å². The number of nitrogens with zero attached hydrogens (tertiary/aromatic N) is 2. The fourth-order valence-corrected chi connectivity index (χ4v) is 3.73. The van der Waals surface area contributed by atoms with E-state index in [1.807, 2.05) is 0 Å². The second-order valence-corrected chi connectivity index (χ2v) is 6.82. The van der Waals surface area contributed by atoms with Gasteiger partial charge in [0, 0.05) is 31.7 Å². The molecule has 0 aromatic rings. The molecule has 1 heterocycles. The molecule has 112 valence electrons. The van der Waals surface area contributed by atoms with Crippen LogP contribution in [0.25, 0.3) is 0 Å². The van der Waals surface area contributed by atoms with E-state index in [9.17, 15) is 5.11 Å². The van der Waals surface area contributed by atoms with E-state index >= 15 is 0 Å². The molecule has 19 heavy (non-hydrogen) atoms. The Hall–Kier alpha value is -0.160. The number of aliphatic hydroxyl groups is 1. The molecule has 2 rings (SSSR count). The summed E-state index contributed by atoms with van der Waals surface area (Å²) in [5.41, 5.74) is 6.34. The summed E-state index contributed by atoms with van der Waals surface area (Å²) in [5.74, 6) is 0.623. The van der Waals surface area contributed by atoms with Crippen LogP contribution in [0.15, 0.2) is 0 Å². The van der Waals surface area contributed by atoms with Crippen molar-refractivity contribution in [3.05, 3.63) is 0 Å². The van der Waals surface area contributed by atoms with Crippen LogP contribution in [0.3, 0.4) is 0 Å². The lowest BCUT2D eigenvalue weighted by molar-refractivity contribution is 0.150. The van der Waals surface area contributed by atoms with Crippen LogP contribution in [0, 0.1) is 5.92 Å². The standard InChI is InChI=1S/C15H31N3O/c1-17(2)10-13-8-14(19)11-18(13)9-12-6-4-3-5-7-15(12)16/h12-15,19H,3-11,16H2,1-2H3. The normalized spacial score (nSPS) is 37.7. The van der Waals surface area contributed by atoms with Crippen molar-refractivity contribution in [3.8, 4) is 0 Å². The molecule has 0 bridgehead atoms. The molecule has 4 unspecified atom stereocenters. The molecule has 2 aliphatic rings. The molecule has 1 saturated carbocycles. The van der Waals surface area contributed by atoms with Gasteiger partial charge in [-0.05, 0) is 39.3 Å². The average molecular weight is 269 g/mol. The van der Waals surface area contributed by atoms with E-state index in [0.29, 0.717) is 18.0 Å². The maximum atomic E-state index is 9.94. The fourth-order valence-electron chi connectivity index (χ4n) is 3.73. The number of likely N-dealkylation sites (N-methyl/N-ethyl adjacent to an activating group) is 1. The Morgan fingerprint density at radius 3 is 2.68 bits per heavy atom. The molecule has 4 heteroatoms. The number of hydrogen-bond donors (Lipinski definition) is 2. The second kappa shape index (κ2) is 7.02. The van der Waals surface area contributed by atoms with Crippen LogP contribution in [-0.2, 0) is 0 Å². The Kier molecular flexibility index (Phi) is 5.63. The van der Waals surface area contributed by atoms with E-state index in [2.05, 4.69) is 23.9 Å². The van der Waals surface area contributed by atoms with Gasteiger partial charge in [-0.1, -0.05) is 19.3 Å². The third kappa shape index (κ3) is 4.42. The molecule has 1 aliphatic heterocycles. The minimum atomic E-state index is -0.146. The summed E-state index contributed by atoms with van der Waals surface area (Å²) in [6.45, 7) is 2.96. The maximum absolute atomic E-state index is 9.94. The Morgan fingerprint density at radius 1 is 1.21 bits per heavy atom. The van der Waals surface area contributed by atoms with Gasteiger partial charge in [-0.25, -0.2) is 0 Å². The third-order valence-electron chi connectivity index (χ3n) is 4.77. The van der Waals surface area contributed by atoms with Crippen molar-refractivity contribution in [1.82, 2.24) is 9.80 Å². The van der Waals surface area contributed by atoms with E-state index in [1.165, 1.54) is 32.1 Å². The summed E-state index contributed by atoms with van der Waals surface area (Å²) >= 11 is 0. The molecule has 4 atom stereocenters. The SMILES string of the molecule is CN(C)CC1CC(O)CN1CC1CCCCCC1N. The van der Waals surface area contributed by atoms with Gasteiger partial charge in [0.2, 0.25) is 0 Å². The van der Waals surface area contributed by atoms with Gasteiger partial charge in [-0.2, -0.15) is 0 Å². The summed E-state index contributed by atoms with van der Waals surface area (Å²) in [5, 5.41) is 9.94. The summed E-state index contributed by atoms with van der Waals surface area (Å²) in [4.78, 5) is 4.71. The summed E-state index contributed by atoms with van der Waals surface area (Å²) in [6, 6.07) is 0.862. The zero-order valence-electron chi connectivity index (χ0n) is 12.6. The van der Waals surface area contributed by atoms with E-state index in [4.69, 9.17) is 5.73 Å². The predicted octanol–water partition coefficient (Wildman–Crippen LogP) is 0.891. The molecular weight excluding hydrogens is 238 g/mol. The molecule has 0 radical (unpaired) electrons. The number of β-amino-alcohol motifs (C(OH)–C–C–N with tert-alkyl or cyclic N) is 1. The van der Waals surface area contributed by atoms with Gasteiger partial charge in [0.25, 0.3) is 0 Å². The maximum Gasteiger partial charge on any atom is 0.0682 e. The highest BCUT2D eigenvalue weighted by molar-refractivity contribution is 4.89. The second-order valence-electron chi connectivity index (χ2n) is 6.82. The number of rotatable bonds is 4. The van der Waals surface area contributed by atoms with Gasteiger partial charge in [-0.3, -0.25) is 4.90 Å². The first-order chi connectivity index (χ1) is 9.06. The fraction of sp³-hybridized carbons (Fsp3) is 1.00. The van der Waals surface area contributed by atoms with Crippen molar-refractivity contribution in [2.45, 2.75) is 56.7 Å². The van der Waals surface area contributed by atoms with Crippen molar-refractivity contribution in [2.75, 3.05) is 33.7 Å². The Balaban J connectivity index is 1.91. The van der Waals surface area contributed by atoms with Crippen LogP contribution in [0.1, 0.15) is 38.5 Å². The highest BCUT2D eigenvalue weighted by Gasteiger charge is 2.33. The topological polar surface area (TPSA) is 52.7 Å². The highest BCUT2D eigenvalue weighted by atomic mass is 16.3. The smallest absolute Gasteiger partial charge is 0.0682 e. The van der Waals surface area contributed by atoms with Gasteiger partial charge in [0.1, 0.15) is 0 Å². The largest absolute Gasteiger partial charge is 0.392 e. The van der Waals surface area contributed by atoms with E-state index < -0.39 is 0 Å². The zero-order chi connectivity index (χ0) is 13.8. The lowest BCUT2D eigenvalue weighted by Crippen LogP contribution is -2.44. The van der Waals surface area contributed by atoms with E-state index in [1.54, 1.807) is 0 Å². The Bertz CT molecular complexity index is 272. The Morgan fingerprint density at radius 2 is 1.95 bits per heavy atom. The first-order valence-corrected chi connectivity index (χ1v) is 7.88. The minimum absolute atomic E-state index is 0.146. The van der Waals surface area contributed by atoms with Crippen LogP contribution >= 0.6 is 0 Å². The predicted molar refractivity (Wildman–Crippen MR) is 79.1 cm³/mol. The average Bonchev–Trinajstić information content (AvgIpc) is 2.53. The quantitative estimate of drug-likeness (QED) is 0.744. The first-order valence-electron chi connectivity index (χ1n) is 7.88. The molecule has 0 spiro atoms. The molecule has 1 saturated heterocycles. The number of aliphatic hydroxyl groups excluding tert-OH is 1. The van der Waals surface area contributed by atoms with Gasteiger partial charge in [0.15, 0.2) is 0 Å². The third-order valence-corrected chi connectivity index (χ3v) is 4.77. The molecular formula is C15H31N3O. The summed E-state index contributed by atoms with van der Waals surface area (Å²) < 4.78 is 0. The minimum Gasteiger partial charge on any atom is -0.392 e. The molecule has 1 aliphatic carbocycles. The van der Waals surface area contributed by atoms with Gasteiger partial charge in [-0.15, -0.1) is 0 Å². The number of hydrogen-bond acceptors (Lipinski definition) is 4. The molecule has 0 amide bonds. The van der Waals surface area contributed by atoms with Crippen molar-refractivity contribution in [2.24, 2.45) is 11.7 Å². The van der Waals surface area contributed by atoms with Gasteiger partial charge in [0.05, 0.1) is 6.10 Å². The van der Waals surface area contributed by atoms with Crippen molar-refractivity contribution in [3.63, 3.8) is 0 Å². The molecule has 2 fully saturated rings.